The van der Waals surface area contributed by atoms with E-state index >= 15 is 0 Å². The van der Waals surface area contributed by atoms with Crippen molar-refractivity contribution < 1.29 is 4.39 Å². The number of halogens is 1. The minimum absolute atomic E-state index is 0.141. The van der Waals surface area contributed by atoms with Gasteiger partial charge >= 0.3 is 0 Å². The number of aliphatic imine (C=N–C) groups is 1. The Morgan fingerprint density at radius 1 is 1.20 bits per heavy atom. The Kier molecular flexibility index (Phi) is 6.53. The molecule has 0 radical (unpaired) electrons. The van der Waals surface area contributed by atoms with Gasteiger partial charge in [-0.15, -0.1) is 11.3 Å². The lowest BCUT2D eigenvalue weighted by atomic mass is 9.84. The van der Waals surface area contributed by atoms with E-state index < -0.39 is 0 Å². The molecule has 2 aromatic rings. The standard InChI is InChI=1S/C19H27FN4S/c1-6-21-18(22-11-17-24-13(2)14(3)25-17)23-12-19(4,5)15-7-9-16(20)10-8-15/h7-10H,6,11-12H2,1-5H3,(H2,21,22,23). The first-order valence-electron chi connectivity index (χ1n) is 8.53. The van der Waals surface area contributed by atoms with Gasteiger partial charge in [0.15, 0.2) is 5.96 Å². The smallest absolute Gasteiger partial charge is 0.191 e. The fourth-order valence-electron chi connectivity index (χ4n) is 2.40. The number of benzene rings is 1. The first-order chi connectivity index (χ1) is 11.8. The molecule has 0 atom stereocenters. The van der Waals surface area contributed by atoms with Gasteiger partial charge in [0.25, 0.3) is 0 Å². The van der Waals surface area contributed by atoms with Crippen molar-refractivity contribution in [2.75, 3.05) is 13.1 Å². The molecule has 136 valence electrons. The highest BCUT2D eigenvalue weighted by atomic mass is 32.1. The van der Waals surface area contributed by atoms with E-state index in [9.17, 15) is 4.39 Å². The predicted molar refractivity (Wildman–Crippen MR) is 104 cm³/mol. The van der Waals surface area contributed by atoms with E-state index in [1.54, 1.807) is 11.3 Å². The summed E-state index contributed by atoms with van der Waals surface area (Å²) in [6, 6.07) is 6.68. The Hall–Kier alpha value is -1.95. The van der Waals surface area contributed by atoms with Gasteiger partial charge in [0.1, 0.15) is 10.8 Å². The summed E-state index contributed by atoms with van der Waals surface area (Å²) in [5.41, 5.74) is 2.02. The Morgan fingerprint density at radius 3 is 2.44 bits per heavy atom. The van der Waals surface area contributed by atoms with Gasteiger partial charge in [0.05, 0.1) is 12.2 Å². The molecule has 0 aliphatic carbocycles. The van der Waals surface area contributed by atoms with Crippen LogP contribution in [-0.2, 0) is 12.0 Å². The minimum atomic E-state index is -0.212. The zero-order chi connectivity index (χ0) is 18.4. The number of rotatable bonds is 6. The number of nitrogens with zero attached hydrogens (tertiary/aromatic N) is 2. The number of hydrogen-bond acceptors (Lipinski definition) is 3. The van der Waals surface area contributed by atoms with Crippen molar-refractivity contribution >= 4 is 17.3 Å². The van der Waals surface area contributed by atoms with Gasteiger partial charge in [0, 0.05) is 23.4 Å². The van der Waals surface area contributed by atoms with Gasteiger partial charge in [-0.3, -0.25) is 0 Å². The fourth-order valence-corrected chi connectivity index (χ4v) is 3.26. The van der Waals surface area contributed by atoms with E-state index in [1.165, 1.54) is 17.0 Å². The van der Waals surface area contributed by atoms with Gasteiger partial charge < -0.3 is 10.6 Å². The molecule has 4 nitrogen and oxygen atoms in total. The molecule has 2 rings (SSSR count). The molecule has 0 bridgehead atoms. The minimum Gasteiger partial charge on any atom is -0.357 e. The summed E-state index contributed by atoms with van der Waals surface area (Å²) >= 11 is 1.69. The number of guanidine groups is 1. The van der Waals surface area contributed by atoms with E-state index in [4.69, 9.17) is 0 Å². The SMILES string of the molecule is CCNC(=NCc1nc(C)c(C)s1)NCC(C)(C)c1ccc(F)cc1. The Balaban J connectivity index is 2.02. The molecule has 2 N–H and O–H groups in total. The third kappa shape index (κ3) is 5.53. The fraction of sp³-hybridized carbons (Fsp3) is 0.474. The third-order valence-electron chi connectivity index (χ3n) is 4.11. The Labute approximate surface area is 153 Å². The number of thiazole rings is 1. The number of nitrogens with one attached hydrogen (secondary N) is 2. The quantitative estimate of drug-likeness (QED) is 0.605. The second kappa shape index (κ2) is 8.43. The second-order valence-corrected chi connectivity index (χ2v) is 7.98. The molecule has 1 aromatic carbocycles. The van der Waals surface area contributed by atoms with Crippen LogP contribution in [0, 0.1) is 19.7 Å². The maximum absolute atomic E-state index is 13.1. The van der Waals surface area contributed by atoms with Gasteiger partial charge in [-0.05, 0) is 38.5 Å². The summed E-state index contributed by atoms with van der Waals surface area (Å²) in [6.45, 7) is 12.4. The molecule has 0 saturated heterocycles. The zero-order valence-corrected chi connectivity index (χ0v) is 16.4. The summed E-state index contributed by atoms with van der Waals surface area (Å²) < 4.78 is 13.1. The molecule has 0 saturated carbocycles. The van der Waals surface area contributed by atoms with Crippen molar-refractivity contribution in [3.8, 4) is 0 Å². The lowest BCUT2D eigenvalue weighted by Gasteiger charge is -2.26. The number of hydrogen-bond donors (Lipinski definition) is 2. The van der Waals surface area contributed by atoms with Crippen LogP contribution >= 0.6 is 11.3 Å². The molecule has 0 aliphatic heterocycles. The van der Waals surface area contributed by atoms with Crippen LogP contribution in [0.4, 0.5) is 4.39 Å². The van der Waals surface area contributed by atoms with Gasteiger partial charge in [-0.1, -0.05) is 26.0 Å². The highest BCUT2D eigenvalue weighted by Crippen LogP contribution is 2.22. The largest absolute Gasteiger partial charge is 0.357 e. The molecular formula is C19H27FN4S. The van der Waals surface area contributed by atoms with Crippen LogP contribution in [0.1, 0.15) is 41.9 Å². The average molecular weight is 363 g/mol. The van der Waals surface area contributed by atoms with Crippen molar-refractivity contribution in [2.45, 2.75) is 46.6 Å². The summed E-state index contributed by atoms with van der Waals surface area (Å²) in [5.74, 6) is 0.555. The van der Waals surface area contributed by atoms with Gasteiger partial charge in [-0.25, -0.2) is 14.4 Å². The summed E-state index contributed by atoms with van der Waals surface area (Å²) in [5, 5.41) is 7.67. The van der Waals surface area contributed by atoms with Crippen LogP contribution in [0.5, 0.6) is 0 Å². The Bertz CT molecular complexity index is 700. The molecule has 0 aliphatic rings. The van der Waals surface area contributed by atoms with Crippen molar-refractivity contribution in [2.24, 2.45) is 4.99 Å². The molecule has 0 spiro atoms. The summed E-state index contributed by atoms with van der Waals surface area (Å²) in [7, 11) is 0. The summed E-state index contributed by atoms with van der Waals surface area (Å²) in [6.07, 6.45) is 0. The van der Waals surface area contributed by atoms with Crippen LogP contribution < -0.4 is 10.6 Å². The first-order valence-corrected chi connectivity index (χ1v) is 9.34. The van der Waals surface area contributed by atoms with Crippen molar-refractivity contribution in [3.05, 3.63) is 51.2 Å². The van der Waals surface area contributed by atoms with Crippen LogP contribution in [0.25, 0.3) is 0 Å². The highest BCUT2D eigenvalue weighted by molar-refractivity contribution is 7.11. The van der Waals surface area contributed by atoms with Gasteiger partial charge in [-0.2, -0.15) is 0 Å². The average Bonchev–Trinajstić information content (AvgIpc) is 2.89. The molecule has 0 unspecified atom stereocenters. The molecule has 0 amide bonds. The maximum Gasteiger partial charge on any atom is 0.191 e. The monoisotopic (exact) mass is 362 g/mol. The normalized spacial score (nSPS) is 12.3. The zero-order valence-electron chi connectivity index (χ0n) is 15.6. The third-order valence-corrected chi connectivity index (χ3v) is 5.17. The lowest BCUT2D eigenvalue weighted by molar-refractivity contribution is 0.507. The molecular weight excluding hydrogens is 335 g/mol. The van der Waals surface area contributed by atoms with Crippen LogP contribution in [-0.4, -0.2) is 24.0 Å². The van der Waals surface area contributed by atoms with E-state index in [0.717, 1.165) is 28.8 Å². The van der Waals surface area contributed by atoms with Crippen molar-refractivity contribution in [3.63, 3.8) is 0 Å². The lowest BCUT2D eigenvalue weighted by Crippen LogP contribution is -2.43. The van der Waals surface area contributed by atoms with Crippen LogP contribution in [0.2, 0.25) is 0 Å². The molecule has 6 heteroatoms. The highest BCUT2D eigenvalue weighted by Gasteiger charge is 2.21. The molecule has 1 heterocycles. The predicted octanol–water partition coefficient (Wildman–Crippen LogP) is 3.93. The van der Waals surface area contributed by atoms with Crippen molar-refractivity contribution in [1.29, 1.82) is 0 Å². The van der Waals surface area contributed by atoms with E-state index in [-0.39, 0.29) is 11.2 Å². The summed E-state index contributed by atoms with van der Waals surface area (Å²) in [4.78, 5) is 10.4. The first kappa shape index (κ1) is 19.4. The van der Waals surface area contributed by atoms with Crippen molar-refractivity contribution in [1.82, 2.24) is 15.6 Å². The molecule has 1 aromatic heterocycles. The maximum atomic E-state index is 13.1. The molecule has 25 heavy (non-hydrogen) atoms. The Morgan fingerprint density at radius 2 is 1.88 bits per heavy atom. The van der Waals surface area contributed by atoms with Gasteiger partial charge in [0.2, 0.25) is 0 Å². The van der Waals surface area contributed by atoms with E-state index in [2.05, 4.69) is 41.4 Å². The second-order valence-electron chi connectivity index (χ2n) is 6.69. The van der Waals surface area contributed by atoms with E-state index in [1.807, 2.05) is 26.0 Å². The molecule has 0 fully saturated rings. The topological polar surface area (TPSA) is 49.3 Å². The van der Waals surface area contributed by atoms with Crippen LogP contribution in [0.15, 0.2) is 29.3 Å². The number of aromatic nitrogens is 1. The van der Waals surface area contributed by atoms with E-state index in [0.29, 0.717) is 13.1 Å². The number of aryl methyl sites for hydroxylation is 2. The van der Waals surface area contributed by atoms with Crippen LogP contribution in [0.3, 0.4) is 0 Å².